The first-order valence-corrected chi connectivity index (χ1v) is 5.81. The summed E-state index contributed by atoms with van der Waals surface area (Å²) in [7, 11) is 0. The lowest BCUT2D eigenvalue weighted by Crippen LogP contribution is -1.95. The van der Waals surface area contributed by atoms with Crippen LogP contribution in [0, 0.1) is 6.92 Å². The van der Waals surface area contributed by atoms with Crippen LogP contribution in [0.3, 0.4) is 0 Å². The van der Waals surface area contributed by atoms with Crippen molar-refractivity contribution >= 4 is 33.3 Å². The van der Waals surface area contributed by atoms with Crippen molar-refractivity contribution in [3.8, 4) is 0 Å². The van der Waals surface area contributed by atoms with Crippen LogP contribution < -0.4 is 5.32 Å². The summed E-state index contributed by atoms with van der Waals surface area (Å²) in [6.45, 7) is 1.98. The standard InChI is InChI=1S/C12H11BrN2O2/c1-7-3-2-4-9(13)11(7)15-8-5-10(12(16)17)14-6-8/h2-6,14-15H,1H3,(H,16,17). The minimum atomic E-state index is -0.970. The number of aromatic amines is 1. The molecule has 0 amide bonds. The lowest BCUT2D eigenvalue weighted by Gasteiger charge is -2.09. The van der Waals surface area contributed by atoms with E-state index in [9.17, 15) is 4.79 Å². The Kier molecular flexibility index (Phi) is 3.19. The molecule has 4 nitrogen and oxygen atoms in total. The zero-order valence-electron chi connectivity index (χ0n) is 9.12. The van der Waals surface area contributed by atoms with E-state index in [1.807, 2.05) is 25.1 Å². The van der Waals surface area contributed by atoms with Crippen molar-refractivity contribution in [3.05, 3.63) is 46.2 Å². The van der Waals surface area contributed by atoms with E-state index >= 15 is 0 Å². The van der Waals surface area contributed by atoms with Gasteiger partial charge in [-0.2, -0.15) is 0 Å². The summed E-state index contributed by atoms with van der Waals surface area (Å²) in [5.41, 5.74) is 2.90. The highest BCUT2D eigenvalue weighted by Gasteiger charge is 2.08. The fraction of sp³-hybridized carbons (Fsp3) is 0.0833. The largest absolute Gasteiger partial charge is 0.477 e. The van der Waals surface area contributed by atoms with Crippen LogP contribution in [0.15, 0.2) is 34.9 Å². The molecule has 17 heavy (non-hydrogen) atoms. The van der Waals surface area contributed by atoms with Crippen LogP contribution in [0.25, 0.3) is 0 Å². The summed E-state index contributed by atoms with van der Waals surface area (Å²) in [6.07, 6.45) is 1.63. The SMILES string of the molecule is Cc1cccc(Br)c1Nc1c[nH]c(C(=O)O)c1. The number of rotatable bonds is 3. The molecule has 2 aromatic rings. The monoisotopic (exact) mass is 294 g/mol. The quantitative estimate of drug-likeness (QED) is 0.811. The number of halogens is 1. The van der Waals surface area contributed by atoms with Crippen LogP contribution in [0.4, 0.5) is 11.4 Å². The summed E-state index contributed by atoms with van der Waals surface area (Å²) < 4.78 is 0.940. The number of para-hydroxylation sites is 1. The third-order valence-corrected chi connectivity index (χ3v) is 3.07. The molecule has 3 N–H and O–H groups in total. The summed E-state index contributed by atoms with van der Waals surface area (Å²) in [5, 5.41) is 12.0. The van der Waals surface area contributed by atoms with Gasteiger partial charge in [-0.15, -0.1) is 0 Å². The molecule has 5 heteroatoms. The Balaban J connectivity index is 2.28. The topological polar surface area (TPSA) is 65.1 Å². The van der Waals surface area contributed by atoms with Crippen molar-refractivity contribution in [3.63, 3.8) is 0 Å². The van der Waals surface area contributed by atoms with Gasteiger partial charge in [-0.25, -0.2) is 4.79 Å². The van der Waals surface area contributed by atoms with Crippen molar-refractivity contribution in [2.75, 3.05) is 5.32 Å². The maximum absolute atomic E-state index is 10.7. The fourth-order valence-electron chi connectivity index (χ4n) is 1.52. The first-order valence-electron chi connectivity index (χ1n) is 5.02. The third-order valence-electron chi connectivity index (χ3n) is 2.40. The molecular weight excluding hydrogens is 284 g/mol. The molecule has 1 aromatic heterocycles. The summed E-state index contributed by atoms with van der Waals surface area (Å²) in [5.74, 6) is -0.970. The van der Waals surface area contributed by atoms with Crippen LogP contribution in [0.1, 0.15) is 16.1 Å². The highest BCUT2D eigenvalue weighted by molar-refractivity contribution is 9.10. The predicted octanol–water partition coefficient (Wildman–Crippen LogP) is 3.53. The first kappa shape index (κ1) is 11.7. The summed E-state index contributed by atoms with van der Waals surface area (Å²) in [6, 6.07) is 7.42. The van der Waals surface area contributed by atoms with Gasteiger partial charge in [0, 0.05) is 10.7 Å². The van der Waals surface area contributed by atoms with E-state index in [2.05, 4.69) is 26.2 Å². The van der Waals surface area contributed by atoms with Gasteiger partial charge >= 0.3 is 5.97 Å². The molecule has 0 fully saturated rings. The maximum atomic E-state index is 10.7. The van der Waals surface area contributed by atoms with Crippen LogP contribution in [0.2, 0.25) is 0 Å². The van der Waals surface area contributed by atoms with Crippen molar-refractivity contribution in [2.45, 2.75) is 6.92 Å². The molecule has 0 saturated carbocycles. The van der Waals surface area contributed by atoms with Crippen LogP contribution >= 0.6 is 15.9 Å². The molecule has 0 atom stereocenters. The Bertz CT molecular complexity index is 543. The van der Waals surface area contributed by atoms with E-state index in [4.69, 9.17) is 5.11 Å². The van der Waals surface area contributed by atoms with Crippen LogP contribution in [-0.4, -0.2) is 16.1 Å². The van der Waals surface area contributed by atoms with Crippen LogP contribution in [-0.2, 0) is 0 Å². The van der Waals surface area contributed by atoms with Gasteiger partial charge < -0.3 is 15.4 Å². The van der Waals surface area contributed by atoms with Gasteiger partial charge in [0.15, 0.2) is 0 Å². The third kappa shape index (κ3) is 2.50. The maximum Gasteiger partial charge on any atom is 0.352 e. The Hall–Kier alpha value is -1.75. The molecule has 0 aliphatic rings. The average Bonchev–Trinajstić information content (AvgIpc) is 2.72. The average molecular weight is 295 g/mol. The van der Waals surface area contributed by atoms with E-state index in [1.54, 1.807) is 12.3 Å². The van der Waals surface area contributed by atoms with E-state index in [0.717, 1.165) is 21.4 Å². The van der Waals surface area contributed by atoms with Gasteiger partial charge in [0.25, 0.3) is 0 Å². The molecule has 1 aromatic carbocycles. The molecule has 0 aliphatic heterocycles. The van der Waals surface area contributed by atoms with Crippen molar-refractivity contribution in [1.29, 1.82) is 0 Å². The number of hydrogen-bond acceptors (Lipinski definition) is 2. The van der Waals surface area contributed by atoms with Gasteiger partial charge in [-0.3, -0.25) is 0 Å². The van der Waals surface area contributed by atoms with Gasteiger partial charge in [-0.1, -0.05) is 12.1 Å². The van der Waals surface area contributed by atoms with Crippen molar-refractivity contribution in [2.24, 2.45) is 0 Å². The van der Waals surface area contributed by atoms with Gasteiger partial charge in [0.2, 0.25) is 0 Å². The number of aromatic carboxylic acids is 1. The molecule has 88 valence electrons. The second kappa shape index (κ2) is 4.63. The zero-order valence-corrected chi connectivity index (χ0v) is 10.7. The fourth-order valence-corrected chi connectivity index (χ4v) is 2.09. The zero-order chi connectivity index (χ0) is 12.4. The smallest absolute Gasteiger partial charge is 0.352 e. The molecule has 2 rings (SSSR count). The van der Waals surface area contributed by atoms with Gasteiger partial charge in [0.1, 0.15) is 5.69 Å². The Morgan fingerprint density at radius 1 is 1.47 bits per heavy atom. The first-order chi connectivity index (χ1) is 8.08. The molecular formula is C12H11BrN2O2. The number of carboxylic acid groups (broad SMARTS) is 1. The Labute approximate surface area is 107 Å². The number of hydrogen-bond donors (Lipinski definition) is 3. The molecule has 0 saturated heterocycles. The van der Waals surface area contributed by atoms with E-state index < -0.39 is 5.97 Å². The van der Waals surface area contributed by atoms with Gasteiger partial charge in [-0.05, 0) is 40.5 Å². The second-order valence-corrected chi connectivity index (χ2v) is 4.52. The minimum Gasteiger partial charge on any atom is -0.477 e. The molecule has 0 spiro atoms. The Morgan fingerprint density at radius 3 is 2.82 bits per heavy atom. The lowest BCUT2D eigenvalue weighted by molar-refractivity contribution is 0.0691. The normalized spacial score (nSPS) is 10.2. The highest BCUT2D eigenvalue weighted by atomic mass is 79.9. The number of H-pyrrole nitrogens is 1. The highest BCUT2D eigenvalue weighted by Crippen LogP contribution is 2.29. The molecule has 1 heterocycles. The number of benzene rings is 1. The number of carboxylic acids is 1. The molecule has 0 bridgehead atoms. The summed E-state index contributed by atoms with van der Waals surface area (Å²) in [4.78, 5) is 13.4. The molecule has 0 radical (unpaired) electrons. The number of carbonyl (C=O) groups is 1. The number of nitrogens with one attached hydrogen (secondary N) is 2. The van der Waals surface area contributed by atoms with Gasteiger partial charge in [0.05, 0.1) is 11.4 Å². The minimum absolute atomic E-state index is 0.164. The van der Waals surface area contributed by atoms with E-state index in [0.29, 0.717) is 0 Å². The van der Waals surface area contributed by atoms with Crippen molar-refractivity contribution in [1.82, 2.24) is 4.98 Å². The molecule has 0 unspecified atom stereocenters. The number of aryl methyl sites for hydroxylation is 1. The van der Waals surface area contributed by atoms with E-state index in [-0.39, 0.29) is 5.69 Å². The molecule has 0 aliphatic carbocycles. The number of anilines is 2. The Morgan fingerprint density at radius 2 is 2.24 bits per heavy atom. The second-order valence-electron chi connectivity index (χ2n) is 3.66. The van der Waals surface area contributed by atoms with E-state index in [1.165, 1.54) is 0 Å². The predicted molar refractivity (Wildman–Crippen MR) is 69.9 cm³/mol. The van der Waals surface area contributed by atoms with Crippen molar-refractivity contribution < 1.29 is 9.90 Å². The van der Waals surface area contributed by atoms with Crippen LogP contribution in [0.5, 0.6) is 0 Å². The number of aromatic nitrogens is 1. The summed E-state index contributed by atoms with van der Waals surface area (Å²) >= 11 is 3.45. The lowest BCUT2D eigenvalue weighted by atomic mass is 10.2.